The van der Waals surface area contributed by atoms with Crippen LogP contribution < -0.4 is 15.4 Å². The molecule has 1 aliphatic heterocycles. The normalized spacial score (nSPS) is 15.1. The molecule has 1 aromatic carbocycles. The highest BCUT2D eigenvalue weighted by atomic mass is 32.2. The summed E-state index contributed by atoms with van der Waals surface area (Å²) in [5.74, 6) is 0.780. The predicted molar refractivity (Wildman–Crippen MR) is 111 cm³/mol. The van der Waals surface area contributed by atoms with Gasteiger partial charge in [0.25, 0.3) is 0 Å². The van der Waals surface area contributed by atoms with Crippen molar-refractivity contribution in [3.05, 3.63) is 35.9 Å². The maximum absolute atomic E-state index is 12.1. The zero-order valence-electron chi connectivity index (χ0n) is 16.5. The number of likely N-dealkylation sites (tertiary alicyclic amines) is 1. The maximum atomic E-state index is 12.1. The van der Waals surface area contributed by atoms with E-state index in [1.807, 2.05) is 42.2 Å². The Morgan fingerprint density at radius 2 is 2.00 bits per heavy atom. The first-order chi connectivity index (χ1) is 13.5. The summed E-state index contributed by atoms with van der Waals surface area (Å²) >= 11 is 0. The van der Waals surface area contributed by atoms with Gasteiger partial charge in [0.05, 0.1) is 5.75 Å². The van der Waals surface area contributed by atoms with Gasteiger partial charge in [0.15, 0.2) is 5.96 Å². The molecule has 1 aromatic rings. The molecular formula is C19H31N5O3S. The maximum Gasteiger partial charge on any atom is 0.222 e. The Morgan fingerprint density at radius 1 is 1.21 bits per heavy atom. The number of carbonyl (C=O) groups excluding carboxylic acids is 1. The summed E-state index contributed by atoms with van der Waals surface area (Å²) in [6.07, 6.45) is 2.39. The molecule has 0 aliphatic carbocycles. The molecule has 0 atom stereocenters. The van der Waals surface area contributed by atoms with Crippen LogP contribution in [0.5, 0.6) is 0 Å². The van der Waals surface area contributed by atoms with E-state index in [1.54, 1.807) is 0 Å². The minimum absolute atomic E-state index is 0.0352. The van der Waals surface area contributed by atoms with Crippen LogP contribution in [0.15, 0.2) is 35.3 Å². The largest absolute Gasteiger partial charge is 0.357 e. The van der Waals surface area contributed by atoms with Gasteiger partial charge < -0.3 is 15.5 Å². The summed E-state index contributed by atoms with van der Waals surface area (Å²) < 4.78 is 26.9. The van der Waals surface area contributed by atoms with E-state index < -0.39 is 10.0 Å². The zero-order chi connectivity index (χ0) is 20.2. The van der Waals surface area contributed by atoms with E-state index in [-0.39, 0.29) is 24.7 Å². The quantitative estimate of drug-likeness (QED) is 0.283. The van der Waals surface area contributed by atoms with Gasteiger partial charge in [-0.1, -0.05) is 30.3 Å². The molecule has 0 saturated carbocycles. The Labute approximate surface area is 167 Å². The molecule has 1 amide bonds. The number of amides is 1. The lowest BCUT2D eigenvalue weighted by Gasteiger charge is -2.15. The Kier molecular flexibility index (Phi) is 9.22. The number of rotatable bonds is 11. The van der Waals surface area contributed by atoms with Crippen molar-refractivity contribution in [1.29, 1.82) is 0 Å². The van der Waals surface area contributed by atoms with Crippen molar-refractivity contribution < 1.29 is 13.2 Å². The number of aliphatic imine (C=N–C) groups is 1. The third-order valence-corrected chi connectivity index (χ3v) is 5.70. The number of nitrogens with zero attached hydrogens (tertiary/aromatic N) is 2. The lowest BCUT2D eigenvalue weighted by molar-refractivity contribution is -0.127. The molecule has 1 aliphatic rings. The molecule has 156 valence electrons. The summed E-state index contributed by atoms with van der Waals surface area (Å²) in [4.78, 5) is 17.9. The third kappa shape index (κ3) is 8.26. The fourth-order valence-electron chi connectivity index (χ4n) is 2.90. The van der Waals surface area contributed by atoms with Gasteiger partial charge in [0, 0.05) is 45.7 Å². The van der Waals surface area contributed by atoms with Gasteiger partial charge in [0.2, 0.25) is 15.9 Å². The Balaban J connectivity index is 1.69. The molecule has 1 heterocycles. The molecular weight excluding hydrogens is 378 g/mol. The molecule has 2 rings (SSSR count). The number of benzene rings is 1. The molecule has 8 nitrogen and oxygen atoms in total. The highest BCUT2D eigenvalue weighted by Crippen LogP contribution is 2.09. The minimum Gasteiger partial charge on any atom is -0.357 e. The van der Waals surface area contributed by atoms with Gasteiger partial charge in [-0.3, -0.25) is 9.79 Å². The average molecular weight is 410 g/mol. The van der Waals surface area contributed by atoms with Gasteiger partial charge in [-0.25, -0.2) is 13.1 Å². The Morgan fingerprint density at radius 3 is 2.68 bits per heavy atom. The molecule has 3 N–H and O–H groups in total. The van der Waals surface area contributed by atoms with Gasteiger partial charge in [-0.05, 0) is 25.3 Å². The first kappa shape index (κ1) is 22.2. The van der Waals surface area contributed by atoms with Crippen LogP contribution in [0.4, 0.5) is 0 Å². The van der Waals surface area contributed by atoms with Crippen LogP contribution in [0.1, 0.15) is 31.7 Å². The number of hydrogen-bond acceptors (Lipinski definition) is 4. The average Bonchev–Trinajstić information content (AvgIpc) is 3.09. The van der Waals surface area contributed by atoms with Crippen molar-refractivity contribution in [2.24, 2.45) is 4.99 Å². The molecule has 0 bridgehead atoms. The van der Waals surface area contributed by atoms with Gasteiger partial charge in [-0.2, -0.15) is 0 Å². The summed E-state index contributed by atoms with van der Waals surface area (Å²) in [6, 6.07) is 9.42. The number of sulfonamides is 1. The minimum atomic E-state index is -3.37. The van der Waals surface area contributed by atoms with E-state index in [4.69, 9.17) is 0 Å². The fourth-order valence-corrected chi connectivity index (χ4v) is 3.80. The molecule has 0 unspecified atom stereocenters. The Hall–Kier alpha value is -2.13. The SMILES string of the molecule is CCNC(=NCCCN1CCCC1=O)NCCS(=O)(=O)NCc1ccccc1. The van der Waals surface area contributed by atoms with E-state index >= 15 is 0 Å². The van der Waals surface area contributed by atoms with Crippen LogP contribution in [0, 0.1) is 0 Å². The Bertz CT molecular complexity index is 737. The highest BCUT2D eigenvalue weighted by molar-refractivity contribution is 7.89. The van der Waals surface area contributed by atoms with E-state index in [0.29, 0.717) is 25.5 Å². The predicted octanol–water partition coefficient (Wildman–Crippen LogP) is 0.674. The van der Waals surface area contributed by atoms with E-state index in [1.165, 1.54) is 0 Å². The molecule has 0 aromatic heterocycles. The lowest BCUT2D eigenvalue weighted by atomic mass is 10.2. The van der Waals surface area contributed by atoms with Crippen LogP contribution in [-0.4, -0.2) is 63.7 Å². The topological polar surface area (TPSA) is 103 Å². The van der Waals surface area contributed by atoms with Gasteiger partial charge >= 0.3 is 0 Å². The summed E-state index contributed by atoms with van der Waals surface area (Å²) in [5, 5.41) is 6.16. The van der Waals surface area contributed by atoms with Gasteiger partial charge in [-0.15, -0.1) is 0 Å². The van der Waals surface area contributed by atoms with Crippen molar-refractivity contribution in [2.45, 2.75) is 32.7 Å². The third-order valence-electron chi connectivity index (χ3n) is 4.37. The molecule has 1 fully saturated rings. The van der Waals surface area contributed by atoms with Crippen molar-refractivity contribution in [1.82, 2.24) is 20.3 Å². The molecule has 0 spiro atoms. The number of hydrogen-bond donors (Lipinski definition) is 3. The monoisotopic (exact) mass is 409 g/mol. The summed E-state index contributed by atoms with van der Waals surface area (Å²) in [6.45, 7) is 5.34. The van der Waals surface area contributed by atoms with Crippen molar-refractivity contribution in [2.75, 3.05) is 38.5 Å². The molecule has 9 heteroatoms. The lowest BCUT2D eigenvalue weighted by Crippen LogP contribution is -2.41. The van der Waals surface area contributed by atoms with Gasteiger partial charge in [0.1, 0.15) is 0 Å². The highest BCUT2D eigenvalue weighted by Gasteiger charge is 2.18. The second kappa shape index (κ2) is 11.7. The first-order valence-electron chi connectivity index (χ1n) is 9.81. The van der Waals surface area contributed by atoms with Crippen LogP contribution in [-0.2, 0) is 21.4 Å². The second-order valence-corrected chi connectivity index (χ2v) is 8.58. The second-order valence-electron chi connectivity index (χ2n) is 6.65. The van der Waals surface area contributed by atoms with Crippen molar-refractivity contribution >= 4 is 21.9 Å². The number of carbonyl (C=O) groups is 1. The molecule has 28 heavy (non-hydrogen) atoms. The van der Waals surface area contributed by atoms with Crippen molar-refractivity contribution in [3.8, 4) is 0 Å². The smallest absolute Gasteiger partial charge is 0.222 e. The fraction of sp³-hybridized carbons (Fsp3) is 0.579. The first-order valence-corrected chi connectivity index (χ1v) is 11.5. The number of guanidine groups is 1. The van der Waals surface area contributed by atoms with Crippen LogP contribution in [0.2, 0.25) is 0 Å². The standard InChI is InChI=1S/C19H31N5O3S/c1-2-20-19(21-11-7-14-24-13-6-10-18(24)25)22-12-15-28(26,27)23-16-17-8-4-3-5-9-17/h3-5,8-9,23H,2,6-7,10-16H2,1H3,(H2,20,21,22). The van der Waals surface area contributed by atoms with E-state index in [0.717, 1.165) is 31.5 Å². The van der Waals surface area contributed by atoms with Crippen LogP contribution in [0.25, 0.3) is 0 Å². The zero-order valence-corrected chi connectivity index (χ0v) is 17.3. The molecule has 1 saturated heterocycles. The number of nitrogens with one attached hydrogen (secondary N) is 3. The van der Waals surface area contributed by atoms with Crippen molar-refractivity contribution in [3.63, 3.8) is 0 Å². The van der Waals surface area contributed by atoms with Crippen LogP contribution >= 0.6 is 0 Å². The summed E-state index contributed by atoms with van der Waals surface area (Å²) in [5.41, 5.74) is 0.922. The van der Waals surface area contributed by atoms with E-state index in [9.17, 15) is 13.2 Å². The molecule has 0 radical (unpaired) electrons. The van der Waals surface area contributed by atoms with Crippen LogP contribution in [0.3, 0.4) is 0 Å². The van der Waals surface area contributed by atoms with E-state index in [2.05, 4.69) is 20.3 Å². The summed E-state index contributed by atoms with van der Waals surface area (Å²) in [7, 11) is -3.37.